The number of hydrogen-bond donors (Lipinski definition) is 0. The van der Waals surface area contributed by atoms with Gasteiger partial charge in [0.25, 0.3) is 5.56 Å². The first kappa shape index (κ1) is 31.7. The summed E-state index contributed by atoms with van der Waals surface area (Å²) >= 11 is 0. The van der Waals surface area contributed by atoms with Crippen molar-refractivity contribution >= 4 is 28.7 Å². The summed E-state index contributed by atoms with van der Waals surface area (Å²) in [5.41, 5.74) is -0.256. The predicted octanol–water partition coefficient (Wildman–Crippen LogP) is 5.55. The van der Waals surface area contributed by atoms with E-state index in [4.69, 9.17) is 14.3 Å². The molecule has 244 valence electrons. The summed E-state index contributed by atoms with van der Waals surface area (Å²) in [4.78, 5) is 52.5. The second-order valence-electron chi connectivity index (χ2n) is 14.5. The van der Waals surface area contributed by atoms with Crippen molar-refractivity contribution in [3.05, 3.63) is 40.3 Å². The molecule has 2 aliphatic carbocycles. The second-order valence-corrected chi connectivity index (χ2v) is 14.5. The number of ether oxygens (including phenoxy) is 2. The van der Waals surface area contributed by atoms with Gasteiger partial charge in [-0.1, -0.05) is 43.0 Å². The minimum Gasteiger partial charge on any atom is -0.461 e. The highest BCUT2D eigenvalue weighted by molar-refractivity contribution is 6.42. The number of benzene rings is 1. The van der Waals surface area contributed by atoms with E-state index in [1.807, 2.05) is 28.8 Å². The van der Waals surface area contributed by atoms with Gasteiger partial charge in [0.05, 0.1) is 17.6 Å². The van der Waals surface area contributed by atoms with Gasteiger partial charge in [-0.3, -0.25) is 9.69 Å². The molecular formula is C35H48N4O6. The van der Waals surface area contributed by atoms with Gasteiger partial charge in [0.1, 0.15) is 5.60 Å². The molecule has 2 saturated heterocycles. The molecule has 4 bridgehead atoms. The van der Waals surface area contributed by atoms with Crippen molar-refractivity contribution in [3.63, 3.8) is 0 Å². The highest BCUT2D eigenvalue weighted by Gasteiger charge is 2.45. The van der Waals surface area contributed by atoms with E-state index in [2.05, 4.69) is 15.0 Å². The van der Waals surface area contributed by atoms with Crippen LogP contribution in [0.25, 0.3) is 11.0 Å². The van der Waals surface area contributed by atoms with Gasteiger partial charge >= 0.3 is 11.9 Å². The number of para-hydroxylation sites is 2. The van der Waals surface area contributed by atoms with Crippen LogP contribution in [0.2, 0.25) is 0 Å². The van der Waals surface area contributed by atoms with Crippen molar-refractivity contribution in [1.82, 2.24) is 14.5 Å². The lowest BCUT2D eigenvalue weighted by Crippen LogP contribution is -2.58. The van der Waals surface area contributed by atoms with E-state index >= 15 is 0 Å². The number of rotatable bonds is 8. The van der Waals surface area contributed by atoms with Gasteiger partial charge in [-0.25, -0.2) is 14.6 Å². The van der Waals surface area contributed by atoms with Crippen molar-refractivity contribution in [3.8, 4) is 0 Å². The normalized spacial score (nSPS) is 28.8. The van der Waals surface area contributed by atoms with Gasteiger partial charge in [0.2, 0.25) is 12.3 Å². The third kappa shape index (κ3) is 6.95. The van der Waals surface area contributed by atoms with Gasteiger partial charge in [-0.05, 0) is 96.6 Å². The summed E-state index contributed by atoms with van der Waals surface area (Å²) in [5, 5.41) is 3.95. The Balaban J connectivity index is 1.32. The monoisotopic (exact) mass is 620 g/mol. The number of carbonyl (C=O) groups is 2. The van der Waals surface area contributed by atoms with E-state index in [0.29, 0.717) is 23.6 Å². The van der Waals surface area contributed by atoms with Crippen molar-refractivity contribution < 1.29 is 23.9 Å². The molecule has 10 heteroatoms. The third-order valence-corrected chi connectivity index (χ3v) is 10.1. The Morgan fingerprint density at radius 1 is 0.911 bits per heavy atom. The first-order valence-corrected chi connectivity index (χ1v) is 17.0. The number of aromatic nitrogens is 2. The molecule has 1 aromatic carbocycles. The first-order valence-electron chi connectivity index (χ1n) is 17.0. The van der Waals surface area contributed by atoms with Gasteiger partial charge in [0.15, 0.2) is 5.69 Å². The largest absolute Gasteiger partial charge is 0.461 e. The number of esters is 2. The average Bonchev–Trinajstić information content (AvgIpc) is 2.97. The Labute approximate surface area is 265 Å². The zero-order valence-corrected chi connectivity index (χ0v) is 27.2. The van der Waals surface area contributed by atoms with Crippen LogP contribution in [0.4, 0.5) is 0 Å². The Morgan fingerprint density at radius 2 is 1.58 bits per heavy atom. The summed E-state index contributed by atoms with van der Waals surface area (Å²) in [7, 11) is 0. The lowest BCUT2D eigenvalue weighted by atomic mass is 9.68. The summed E-state index contributed by atoms with van der Waals surface area (Å²) in [6.45, 7) is 6.48. The number of nitrogens with zero attached hydrogens (tertiary/aromatic N) is 4. The Bertz CT molecular complexity index is 1470. The molecule has 2 aliphatic heterocycles. The summed E-state index contributed by atoms with van der Waals surface area (Å²) < 4.78 is 12.4. The molecule has 0 amide bonds. The molecule has 2 aromatic rings. The Kier molecular flexibility index (Phi) is 9.32. The molecule has 0 N–H and O–H groups in total. The van der Waals surface area contributed by atoms with Gasteiger partial charge in [-0.15, -0.1) is 0 Å². The Hall–Kier alpha value is -3.27. The highest BCUT2D eigenvalue weighted by atomic mass is 16.7. The van der Waals surface area contributed by atoms with Crippen molar-refractivity contribution in [2.45, 2.75) is 128 Å². The van der Waals surface area contributed by atoms with Crippen LogP contribution in [0.5, 0.6) is 0 Å². The zero-order valence-electron chi connectivity index (χ0n) is 27.2. The molecule has 3 unspecified atom stereocenters. The van der Waals surface area contributed by atoms with Crippen LogP contribution >= 0.6 is 0 Å². The standard InChI is InChI=1S/C35H48N4O6/c1-5-43-34(42)32(37-44-21-30(40)45-35(2,3)4)31-33(41)39(29-15-7-6-14-28(29)36-31)27-19-24-12-9-13-25(20-27)38(24)26-17-22-10-8-11-23(16-22)18-26/h6-7,14-15,22-27H,5,8-13,16-21H2,1-4H3/t22?,23?,24-,25+,26?,27?. The Morgan fingerprint density at radius 3 is 2.24 bits per heavy atom. The third-order valence-electron chi connectivity index (χ3n) is 10.1. The molecule has 5 atom stereocenters. The lowest BCUT2D eigenvalue weighted by molar-refractivity contribution is -0.160. The number of hydrogen-bond acceptors (Lipinski definition) is 9. The van der Waals surface area contributed by atoms with E-state index < -0.39 is 29.7 Å². The van der Waals surface area contributed by atoms with Gasteiger partial charge in [-0.2, -0.15) is 0 Å². The van der Waals surface area contributed by atoms with Crippen LogP contribution in [0, 0.1) is 11.8 Å². The topological polar surface area (TPSA) is 112 Å². The minimum atomic E-state index is -0.831. The average molecular weight is 621 g/mol. The maximum Gasteiger partial charge on any atom is 0.362 e. The van der Waals surface area contributed by atoms with Crippen molar-refractivity contribution in [1.29, 1.82) is 0 Å². The van der Waals surface area contributed by atoms with Crippen molar-refractivity contribution in [2.75, 3.05) is 13.2 Å². The van der Waals surface area contributed by atoms with E-state index in [-0.39, 0.29) is 24.1 Å². The predicted molar refractivity (Wildman–Crippen MR) is 171 cm³/mol. The van der Waals surface area contributed by atoms with Gasteiger partial charge in [0, 0.05) is 24.2 Å². The number of fused-ring (bicyclic) bond motifs is 5. The minimum absolute atomic E-state index is 0.0371. The maximum absolute atomic E-state index is 14.4. The van der Waals surface area contributed by atoms with E-state index in [1.54, 1.807) is 27.7 Å². The lowest BCUT2D eigenvalue weighted by Gasteiger charge is -2.55. The molecule has 1 aromatic heterocycles. The molecule has 6 rings (SSSR count). The molecule has 4 aliphatic rings. The fourth-order valence-corrected chi connectivity index (χ4v) is 8.70. The molecule has 0 spiro atoms. The smallest absolute Gasteiger partial charge is 0.362 e. The number of piperidine rings is 2. The maximum atomic E-state index is 14.4. The molecular weight excluding hydrogens is 572 g/mol. The molecule has 10 nitrogen and oxygen atoms in total. The number of oxime groups is 1. The SMILES string of the molecule is CCOC(=O)C(=NOCC(=O)OC(C)(C)C)c1nc2ccccc2n(C2C[C@H]3CCC[C@@H](C2)N3C2CC3CCCC(C3)C2)c1=O. The van der Waals surface area contributed by atoms with Crippen LogP contribution < -0.4 is 5.56 Å². The molecule has 0 radical (unpaired) electrons. The van der Waals surface area contributed by atoms with Gasteiger partial charge < -0.3 is 18.9 Å². The van der Waals surface area contributed by atoms with Crippen LogP contribution in [-0.4, -0.2) is 69.0 Å². The number of carbonyl (C=O) groups excluding carboxylic acids is 2. The van der Waals surface area contributed by atoms with E-state index in [1.165, 1.54) is 44.9 Å². The van der Waals surface area contributed by atoms with Crippen LogP contribution in [0.15, 0.2) is 34.2 Å². The van der Waals surface area contributed by atoms with E-state index in [0.717, 1.165) is 43.0 Å². The van der Waals surface area contributed by atoms with Crippen LogP contribution in [-0.2, 0) is 23.9 Å². The van der Waals surface area contributed by atoms with Crippen molar-refractivity contribution in [2.24, 2.45) is 17.0 Å². The molecule has 4 fully saturated rings. The molecule has 45 heavy (non-hydrogen) atoms. The summed E-state index contributed by atoms with van der Waals surface area (Å²) in [6, 6.07) is 9.04. The zero-order chi connectivity index (χ0) is 31.7. The van der Waals surface area contributed by atoms with Crippen LogP contribution in [0.1, 0.15) is 110 Å². The fourth-order valence-electron chi connectivity index (χ4n) is 8.70. The summed E-state index contributed by atoms with van der Waals surface area (Å²) in [6.07, 6.45) is 13.5. The fraction of sp³-hybridized carbons (Fsp3) is 0.686. The highest BCUT2D eigenvalue weighted by Crippen LogP contribution is 2.47. The quantitative estimate of drug-likeness (QED) is 0.215. The molecule has 2 saturated carbocycles. The summed E-state index contributed by atoms with van der Waals surface area (Å²) in [5.74, 6) is 0.266. The molecule has 3 heterocycles. The first-order chi connectivity index (χ1) is 21.6. The van der Waals surface area contributed by atoms with Crippen LogP contribution in [0.3, 0.4) is 0 Å². The second kappa shape index (κ2) is 13.2. The van der Waals surface area contributed by atoms with E-state index in [9.17, 15) is 14.4 Å².